The zero-order valence-corrected chi connectivity index (χ0v) is 21.3. The molecule has 0 bridgehead atoms. The SMILES string of the molecule is O=C(c1ccccc1F)N1CCCN(c2nc3cc(Cl)ccc3c3nnc(-c4ccccc4[N+](=O)[O-])n23)CC1. The van der Waals surface area contributed by atoms with Gasteiger partial charge in [0.15, 0.2) is 11.5 Å². The monoisotopic (exact) mass is 545 g/mol. The van der Waals surface area contributed by atoms with Gasteiger partial charge in [-0.25, -0.2) is 13.8 Å². The average Bonchev–Trinajstić information content (AvgIpc) is 3.23. The first-order chi connectivity index (χ1) is 18.9. The molecule has 1 aliphatic rings. The van der Waals surface area contributed by atoms with Gasteiger partial charge in [0.05, 0.1) is 21.6 Å². The van der Waals surface area contributed by atoms with Crippen LogP contribution in [0.3, 0.4) is 0 Å². The van der Waals surface area contributed by atoms with Crippen molar-refractivity contribution in [3.8, 4) is 11.4 Å². The highest BCUT2D eigenvalue weighted by Gasteiger charge is 2.27. The zero-order valence-electron chi connectivity index (χ0n) is 20.5. The molecular formula is C27H21ClFN7O3. The van der Waals surface area contributed by atoms with E-state index in [9.17, 15) is 19.3 Å². The summed E-state index contributed by atoms with van der Waals surface area (Å²) in [6.45, 7) is 1.69. The maximum absolute atomic E-state index is 14.3. The third-order valence-electron chi connectivity index (χ3n) is 6.80. The molecule has 6 rings (SSSR count). The van der Waals surface area contributed by atoms with Gasteiger partial charge >= 0.3 is 0 Å². The minimum absolute atomic E-state index is 0.0318. The van der Waals surface area contributed by atoms with Crippen molar-refractivity contribution in [2.24, 2.45) is 0 Å². The normalized spacial score (nSPS) is 14.1. The average molecular weight is 546 g/mol. The molecule has 12 heteroatoms. The van der Waals surface area contributed by atoms with Gasteiger partial charge in [-0.05, 0) is 42.8 Å². The molecule has 1 amide bonds. The number of carbonyl (C=O) groups excluding carboxylic acids is 1. The number of carbonyl (C=O) groups is 1. The highest BCUT2D eigenvalue weighted by Crippen LogP contribution is 2.34. The van der Waals surface area contributed by atoms with Crippen LogP contribution in [0.2, 0.25) is 5.02 Å². The highest BCUT2D eigenvalue weighted by atomic mass is 35.5. The molecule has 0 aliphatic carbocycles. The fourth-order valence-electron chi connectivity index (χ4n) is 4.93. The Kier molecular flexibility index (Phi) is 6.27. The van der Waals surface area contributed by atoms with E-state index in [1.807, 2.05) is 4.90 Å². The first-order valence-corrected chi connectivity index (χ1v) is 12.7. The number of halogens is 2. The summed E-state index contributed by atoms with van der Waals surface area (Å²) >= 11 is 6.27. The number of rotatable bonds is 4. The predicted molar refractivity (Wildman–Crippen MR) is 145 cm³/mol. The number of fused-ring (bicyclic) bond motifs is 3. The minimum atomic E-state index is -0.558. The summed E-state index contributed by atoms with van der Waals surface area (Å²) in [6.07, 6.45) is 0.597. The Balaban J connectivity index is 1.46. The molecule has 0 unspecified atom stereocenters. The molecule has 0 saturated carbocycles. The summed E-state index contributed by atoms with van der Waals surface area (Å²) in [6, 6.07) is 17.5. The number of nitro groups is 1. The van der Waals surface area contributed by atoms with E-state index in [1.165, 1.54) is 18.2 Å². The predicted octanol–water partition coefficient (Wildman–Crippen LogP) is 5.00. The van der Waals surface area contributed by atoms with E-state index in [4.69, 9.17) is 16.6 Å². The Labute approximate surface area is 226 Å². The topological polar surface area (TPSA) is 110 Å². The molecule has 5 aromatic rings. The Morgan fingerprint density at radius 2 is 1.77 bits per heavy atom. The molecular weight excluding hydrogens is 525 g/mol. The number of hydrogen-bond acceptors (Lipinski definition) is 7. The van der Waals surface area contributed by atoms with E-state index in [-0.39, 0.29) is 23.0 Å². The van der Waals surface area contributed by atoms with Crippen LogP contribution in [0, 0.1) is 15.9 Å². The van der Waals surface area contributed by atoms with Crippen LogP contribution in [0.25, 0.3) is 27.9 Å². The number of nitro benzene ring substituents is 1. The molecule has 3 heterocycles. The third kappa shape index (κ3) is 4.40. The summed E-state index contributed by atoms with van der Waals surface area (Å²) in [4.78, 5) is 33.0. The van der Waals surface area contributed by atoms with Crippen LogP contribution in [0.15, 0.2) is 66.7 Å². The van der Waals surface area contributed by atoms with Gasteiger partial charge in [0, 0.05) is 42.7 Å². The van der Waals surface area contributed by atoms with Crippen LogP contribution in [0.5, 0.6) is 0 Å². The van der Waals surface area contributed by atoms with Crippen LogP contribution >= 0.6 is 11.6 Å². The summed E-state index contributed by atoms with van der Waals surface area (Å²) in [5.41, 5.74) is 1.30. The van der Waals surface area contributed by atoms with Crippen LogP contribution < -0.4 is 4.90 Å². The van der Waals surface area contributed by atoms with Crippen molar-refractivity contribution in [2.75, 3.05) is 31.1 Å². The second kappa shape index (κ2) is 9.91. The van der Waals surface area contributed by atoms with Gasteiger partial charge in [0.25, 0.3) is 11.6 Å². The molecule has 0 radical (unpaired) electrons. The number of aromatic nitrogens is 4. The highest BCUT2D eigenvalue weighted by molar-refractivity contribution is 6.31. The number of benzene rings is 3. The lowest BCUT2D eigenvalue weighted by atomic mass is 10.1. The Morgan fingerprint density at radius 1 is 0.974 bits per heavy atom. The number of anilines is 1. The molecule has 1 saturated heterocycles. The van der Waals surface area contributed by atoms with E-state index >= 15 is 0 Å². The molecule has 0 spiro atoms. The first-order valence-electron chi connectivity index (χ1n) is 12.3. The van der Waals surface area contributed by atoms with E-state index in [0.717, 1.165) is 0 Å². The van der Waals surface area contributed by atoms with Crippen molar-refractivity contribution < 1.29 is 14.1 Å². The molecule has 0 atom stereocenters. The quantitative estimate of drug-likeness (QED) is 0.231. The molecule has 39 heavy (non-hydrogen) atoms. The van der Waals surface area contributed by atoms with Crippen molar-refractivity contribution in [2.45, 2.75) is 6.42 Å². The van der Waals surface area contributed by atoms with E-state index in [2.05, 4.69) is 10.2 Å². The number of nitrogens with zero attached hydrogens (tertiary/aromatic N) is 7. The molecule has 0 N–H and O–H groups in total. The van der Waals surface area contributed by atoms with Crippen molar-refractivity contribution in [1.29, 1.82) is 0 Å². The van der Waals surface area contributed by atoms with Crippen molar-refractivity contribution >= 4 is 45.7 Å². The van der Waals surface area contributed by atoms with Crippen LogP contribution in [0.4, 0.5) is 16.0 Å². The maximum Gasteiger partial charge on any atom is 0.280 e. The Hall–Kier alpha value is -4.64. The summed E-state index contributed by atoms with van der Waals surface area (Å²) in [5, 5.41) is 21.8. The summed E-state index contributed by atoms with van der Waals surface area (Å²) in [7, 11) is 0. The van der Waals surface area contributed by atoms with Crippen LogP contribution in [-0.2, 0) is 0 Å². The van der Waals surface area contributed by atoms with E-state index in [1.54, 1.807) is 57.8 Å². The van der Waals surface area contributed by atoms with Crippen molar-refractivity contribution in [3.63, 3.8) is 0 Å². The Morgan fingerprint density at radius 3 is 2.59 bits per heavy atom. The zero-order chi connectivity index (χ0) is 27.1. The van der Waals surface area contributed by atoms with Gasteiger partial charge in [-0.3, -0.25) is 14.9 Å². The van der Waals surface area contributed by atoms with Gasteiger partial charge in [0.1, 0.15) is 5.82 Å². The molecule has 1 aliphatic heterocycles. The second-order valence-corrected chi connectivity index (χ2v) is 9.58. The number of hydrogen-bond donors (Lipinski definition) is 0. The fraction of sp³-hybridized carbons (Fsp3) is 0.185. The molecule has 2 aromatic heterocycles. The minimum Gasteiger partial charge on any atom is -0.340 e. The van der Waals surface area contributed by atoms with Crippen LogP contribution in [-0.4, -0.2) is 61.5 Å². The van der Waals surface area contributed by atoms with Gasteiger partial charge in [0.2, 0.25) is 5.95 Å². The fourth-order valence-corrected chi connectivity index (χ4v) is 5.09. The molecule has 196 valence electrons. The Bertz CT molecular complexity index is 1760. The standard InChI is InChI=1S/C27H21ClFN7O3/c28-17-10-11-19-22(16-17)30-27(35-24(19)31-32-25(35)20-7-2-4-9-23(20)36(38)39)34-13-5-12-33(14-15-34)26(37)18-6-1-3-8-21(18)29/h1-4,6-11,16H,5,12-15H2. The maximum atomic E-state index is 14.3. The molecule has 1 fully saturated rings. The summed E-state index contributed by atoms with van der Waals surface area (Å²) in [5.74, 6) is -0.182. The van der Waals surface area contributed by atoms with Gasteiger partial charge < -0.3 is 9.80 Å². The lowest BCUT2D eigenvalue weighted by Crippen LogP contribution is -2.36. The lowest BCUT2D eigenvalue weighted by Gasteiger charge is -2.24. The van der Waals surface area contributed by atoms with Gasteiger partial charge in [-0.2, -0.15) is 0 Å². The number of amides is 1. The van der Waals surface area contributed by atoms with E-state index in [0.29, 0.717) is 65.7 Å². The van der Waals surface area contributed by atoms with Crippen LogP contribution in [0.1, 0.15) is 16.8 Å². The summed E-state index contributed by atoms with van der Waals surface area (Å²) < 4.78 is 16.0. The largest absolute Gasteiger partial charge is 0.340 e. The lowest BCUT2D eigenvalue weighted by molar-refractivity contribution is -0.384. The molecule has 3 aromatic carbocycles. The first kappa shape index (κ1) is 24.7. The van der Waals surface area contributed by atoms with Crippen molar-refractivity contribution in [3.05, 3.63) is 93.2 Å². The third-order valence-corrected chi connectivity index (χ3v) is 7.03. The van der Waals surface area contributed by atoms with E-state index < -0.39 is 10.7 Å². The molecule has 10 nitrogen and oxygen atoms in total. The van der Waals surface area contributed by atoms with Gasteiger partial charge in [-0.1, -0.05) is 35.9 Å². The second-order valence-electron chi connectivity index (χ2n) is 9.14. The van der Waals surface area contributed by atoms with Crippen molar-refractivity contribution in [1.82, 2.24) is 24.5 Å². The smallest absolute Gasteiger partial charge is 0.280 e. The van der Waals surface area contributed by atoms with Gasteiger partial charge in [-0.15, -0.1) is 10.2 Å². The number of para-hydroxylation sites is 1.